The molecule has 1 amide bonds. The molecule has 6 heteroatoms. The summed E-state index contributed by atoms with van der Waals surface area (Å²) >= 11 is 0. The number of aromatic nitrogens is 1. The molecule has 0 bridgehead atoms. The molecule has 94 valence electrons. The topological polar surface area (TPSA) is 73.6 Å². The van der Waals surface area contributed by atoms with E-state index in [0.29, 0.717) is 11.4 Å². The van der Waals surface area contributed by atoms with Crippen LogP contribution in [0.25, 0.3) is 0 Å². The zero-order valence-corrected chi connectivity index (χ0v) is 9.97. The Kier molecular flexibility index (Phi) is 3.47. The first-order chi connectivity index (χ1) is 8.74. The molecule has 1 N–H and O–H groups in total. The summed E-state index contributed by atoms with van der Waals surface area (Å²) in [5.74, 6) is 0.463. The van der Waals surface area contributed by atoms with Gasteiger partial charge >= 0.3 is 0 Å². The molecular weight excluding hydrogens is 236 g/mol. The van der Waals surface area contributed by atoms with Crippen LogP contribution in [-0.4, -0.2) is 25.3 Å². The van der Waals surface area contributed by atoms with Crippen molar-refractivity contribution in [2.45, 2.75) is 0 Å². The molecule has 0 atom stereocenters. The fourth-order valence-corrected chi connectivity index (χ4v) is 1.39. The van der Waals surface area contributed by atoms with Crippen LogP contribution in [0.3, 0.4) is 0 Å². The predicted octanol–water partition coefficient (Wildman–Crippen LogP) is 1.94. The van der Waals surface area contributed by atoms with Gasteiger partial charge in [-0.15, -0.1) is 0 Å². The standard InChI is InChI=1S/C12H12N2O4/c1-16-9-6-4-3-5-8(9)13-12(15)10-7-11(17-2)14-18-10/h3-7H,1-2H3,(H,13,15). The minimum atomic E-state index is -0.421. The second kappa shape index (κ2) is 5.22. The van der Waals surface area contributed by atoms with E-state index < -0.39 is 5.91 Å². The van der Waals surface area contributed by atoms with Crippen LogP contribution >= 0.6 is 0 Å². The second-order valence-corrected chi connectivity index (χ2v) is 3.39. The number of nitrogens with zero attached hydrogens (tertiary/aromatic N) is 1. The summed E-state index contributed by atoms with van der Waals surface area (Å²) in [4.78, 5) is 11.9. The Balaban J connectivity index is 2.16. The van der Waals surface area contributed by atoms with Crippen molar-refractivity contribution in [3.63, 3.8) is 0 Å². The maximum absolute atomic E-state index is 11.9. The normalized spacial score (nSPS) is 9.89. The maximum atomic E-state index is 11.9. The van der Waals surface area contributed by atoms with Crippen LogP contribution < -0.4 is 14.8 Å². The molecule has 6 nitrogen and oxygen atoms in total. The molecule has 0 aliphatic heterocycles. The van der Waals surface area contributed by atoms with E-state index in [1.54, 1.807) is 18.2 Å². The average molecular weight is 248 g/mol. The van der Waals surface area contributed by atoms with Crippen LogP contribution in [-0.2, 0) is 0 Å². The summed E-state index contributed by atoms with van der Waals surface area (Å²) in [6, 6.07) is 8.48. The number of carbonyl (C=O) groups is 1. The van der Waals surface area contributed by atoms with Gasteiger partial charge in [0.15, 0.2) is 0 Å². The van der Waals surface area contributed by atoms with Gasteiger partial charge in [-0.1, -0.05) is 12.1 Å². The molecule has 0 saturated heterocycles. The SMILES string of the molecule is COc1cc(C(=O)Nc2ccccc2OC)on1. The Morgan fingerprint density at radius 1 is 1.28 bits per heavy atom. The largest absolute Gasteiger partial charge is 0.495 e. The molecule has 0 unspecified atom stereocenters. The third-order valence-electron chi connectivity index (χ3n) is 2.28. The lowest BCUT2D eigenvalue weighted by Gasteiger charge is -2.07. The van der Waals surface area contributed by atoms with E-state index >= 15 is 0 Å². The lowest BCUT2D eigenvalue weighted by atomic mass is 10.3. The van der Waals surface area contributed by atoms with Crippen molar-refractivity contribution >= 4 is 11.6 Å². The van der Waals surface area contributed by atoms with Crippen molar-refractivity contribution < 1.29 is 18.8 Å². The van der Waals surface area contributed by atoms with E-state index in [1.807, 2.05) is 6.07 Å². The molecular formula is C12H12N2O4. The molecule has 1 aromatic carbocycles. The van der Waals surface area contributed by atoms with E-state index in [9.17, 15) is 4.79 Å². The Morgan fingerprint density at radius 3 is 2.72 bits per heavy atom. The summed E-state index contributed by atoms with van der Waals surface area (Å²) in [6.07, 6.45) is 0. The molecule has 0 saturated carbocycles. The van der Waals surface area contributed by atoms with Gasteiger partial charge in [0.1, 0.15) is 5.75 Å². The summed E-state index contributed by atoms with van der Waals surface area (Å²) in [5, 5.41) is 6.21. The van der Waals surface area contributed by atoms with Gasteiger partial charge in [-0.3, -0.25) is 4.79 Å². The van der Waals surface area contributed by atoms with E-state index in [-0.39, 0.29) is 11.6 Å². The number of methoxy groups -OCH3 is 2. The van der Waals surface area contributed by atoms with E-state index in [1.165, 1.54) is 20.3 Å². The van der Waals surface area contributed by atoms with Gasteiger partial charge in [0, 0.05) is 0 Å². The Hall–Kier alpha value is -2.50. The third-order valence-corrected chi connectivity index (χ3v) is 2.28. The number of ether oxygens (including phenoxy) is 2. The van der Waals surface area contributed by atoms with E-state index in [4.69, 9.17) is 14.0 Å². The smallest absolute Gasteiger partial charge is 0.294 e. The summed E-state index contributed by atoms with van der Waals surface area (Å²) in [5.41, 5.74) is 0.556. The molecule has 2 aromatic rings. The average Bonchev–Trinajstić information content (AvgIpc) is 2.88. The monoisotopic (exact) mass is 248 g/mol. The molecule has 0 spiro atoms. The highest BCUT2D eigenvalue weighted by atomic mass is 16.5. The van der Waals surface area contributed by atoms with Crippen LogP contribution in [0.1, 0.15) is 10.6 Å². The lowest BCUT2D eigenvalue weighted by Crippen LogP contribution is -2.11. The Labute approximate surface area is 103 Å². The minimum absolute atomic E-state index is 0.0674. The summed E-state index contributed by atoms with van der Waals surface area (Å²) in [6.45, 7) is 0. The van der Waals surface area contributed by atoms with Crippen molar-refractivity contribution in [3.8, 4) is 11.6 Å². The first-order valence-electron chi connectivity index (χ1n) is 5.19. The zero-order valence-electron chi connectivity index (χ0n) is 9.97. The number of anilines is 1. The van der Waals surface area contributed by atoms with Gasteiger partial charge < -0.3 is 19.3 Å². The van der Waals surface area contributed by atoms with Crippen LogP contribution in [0.4, 0.5) is 5.69 Å². The molecule has 0 aliphatic rings. The highest BCUT2D eigenvalue weighted by Crippen LogP contribution is 2.24. The second-order valence-electron chi connectivity index (χ2n) is 3.39. The van der Waals surface area contributed by atoms with Crippen molar-refractivity contribution in [1.82, 2.24) is 5.16 Å². The molecule has 2 rings (SSSR count). The number of rotatable bonds is 4. The first-order valence-corrected chi connectivity index (χ1v) is 5.19. The van der Waals surface area contributed by atoms with Gasteiger partial charge in [-0.25, -0.2) is 0 Å². The number of carbonyl (C=O) groups excluding carboxylic acids is 1. The Morgan fingerprint density at radius 2 is 2.06 bits per heavy atom. The summed E-state index contributed by atoms with van der Waals surface area (Å²) in [7, 11) is 2.97. The third kappa shape index (κ3) is 2.42. The van der Waals surface area contributed by atoms with Crippen molar-refractivity contribution in [1.29, 1.82) is 0 Å². The van der Waals surface area contributed by atoms with Gasteiger partial charge in [-0.2, -0.15) is 0 Å². The van der Waals surface area contributed by atoms with Gasteiger partial charge in [0.2, 0.25) is 5.76 Å². The summed E-state index contributed by atoms with van der Waals surface area (Å²) < 4.78 is 14.8. The molecule has 1 heterocycles. The van der Waals surface area contributed by atoms with Crippen molar-refractivity contribution in [2.75, 3.05) is 19.5 Å². The van der Waals surface area contributed by atoms with E-state index in [0.717, 1.165) is 0 Å². The fraction of sp³-hybridized carbons (Fsp3) is 0.167. The molecule has 18 heavy (non-hydrogen) atoms. The molecule has 0 fully saturated rings. The van der Waals surface area contributed by atoms with Gasteiger partial charge in [0.05, 0.1) is 26.0 Å². The number of hydrogen-bond donors (Lipinski definition) is 1. The lowest BCUT2D eigenvalue weighted by molar-refractivity contribution is 0.0987. The quantitative estimate of drug-likeness (QED) is 0.895. The predicted molar refractivity (Wildman–Crippen MR) is 64.0 cm³/mol. The van der Waals surface area contributed by atoms with Crippen molar-refractivity contribution in [2.24, 2.45) is 0 Å². The number of para-hydroxylation sites is 2. The molecule has 0 aliphatic carbocycles. The highest BCUT2D eigenvalue weighted by Gasteiger charge is 2.15. The van der Waals surface area contributed by atoms with Crippen LogP contribution in [0.2, 0.25) is 0 Å². The Bertz CT molecular complexity index is 551. The molecule has 0 radical (unpaired) electrons. The van der Waals surface area contributed by atoms with Crippen LogP contribution in [0, 0.1) is 0 Å². The van der Waals surface area contributed by atoms with E-state index in [2.05, 4.69) is 10.5 Å². The number of nitrogens with one attached hydrogen (secondary N) is 1. The number of amides is 1. The minimum Gasteiger partial charge on any atom is -0.495 e. The van der Waals surface area contributed by atoms with Gasteiger partial charge in [-0.05, 0) is 17.3 Å². The van der Waals surface area contributed by atoms with Crippen molar-refractivity contribution in [3.05, 3.63) is 36.1 Å². The van der Waals surface area contributed by atoms with Crippen LogP contribution in [0.5, 0.6) is 11.6 Å². The molecule has 1 aromatic heterocycles. The number of benzene rings is 1. The van der Waals surface area contributed by atoms with Crippen LogP contribution in [0.15, 0.2) is 34.9 Å². The van der Waals surface area contributed by atoms with Gasteiger partial charge in [0.25, 0.3) is 11.8 Å². The fourth-order valence-electron chi connectivity index (χ4n) is 1.39. The zero-order chi connectivity index (χ0) is 13.0. The first kappa shape index (κ1) is 12.0. The maximum Gasteiger partial charge on any atom is 0.294 e. The highest BCUT2D eigenvalue weighted by molar-refractivity contribution is 6.03. The number of hydrogen-bond acceptors (Lipinski definition) is 5.